The minimum atomic E-state index is -2.89. The highest BCUT2D eigenvalue weighted by Crippen LogP contribution is 2.54. The van der Waals surface area contributed by atoms with Gasteiger partial charge < -0.3 is 14.1 Å². The van der Waals surface area contributed by atoms with Gasteiger partial charge in [-0.25, -0.2) is 4.79 Å². The van der Waals surface area contributed by atoms with Crippen LogP contribution in [0.4, 0.5) is 4.79 Å². The summed E-state index contributed by atoms with van der Waals surface area (Å²) in [5, 5.41) is 2.04. The Morgan fingerprint density at radius 1 is 0.850 bits per heavy atom. The molecule has 0 unspecified atom stereocenters. The molecule has 6 nitrogen and oxygen atoms in total. The van der Waals surface area contributed by atoms with Crippen LogP contribution in [0.15, 0.2) is 60.7 Å². The SMILES string of the molecule is CC(C)(C)OC(=O)N1CC2(CC(C(=O)CC(=O)C3(O[Si](c4ccccc4)(c4ccccc4)C(C)(C)C)CC3)C2)C1. The lowest BCUT2D eigenvalue weighted by molar-refractivity contribution is -0.145. The maximum absolute atomic E-state index is 13.8. The van der Waals surface area contributed by atoms with Gasteiger partial charge in [-0.1, -0.05) is 81.4 Å². The molecule has 7 heteroatoms. The molecule has 0 radical (unpaired) electrons. The van der Waals surface area contributed by atoms with E-state index in [9.17, 15) is 14.4 Å². The van der Waals surface area contributed by atoms with Gasteiger partial charge in [0.25, 0.3) is 8.32 Å². The number of nitrogens with zero attached hydrogens (tertiary/aromatic N) is 1. The fourth-order valence-electron chi connectivity index (χ4n) is 6.65. The van der Waals surface area contributed by atoms with Gasteiger partial charge in [0.1, 0.15) is 17.0 Å². The second-order valence-corrected chi connectivity index (χ2v) is 18.5. The van der Waals surface area contributed by atoms with Gasteiger partial charge in [0.05, 0.1) is 6.42 Å². The Hall–Kier alpha value is -2.77. The molecule has 0 N–H and O–H groups in total. The number of benzene rings is 2. The molecular weight excluding hydrogens is 518 g/mol. The molecule has 1 amide bonds. The quantitative estimate of drug-likeness (QED) is 0.324. The third-order valence-electron chi connectivity index (χ3n) is 8.83. The second kappa shape index (κ2) is 9.95. The van der Waals surface area contributed by atoms with Gasteiger partial charge in [-0.15, -0.1) is 0 Å². The van der Waals surface area contributed by atoms with E-state index >= 15 is 0 Å². The Balaban J connectivity index is 1.27. The Morgan fingerprint density at radius 2 is 1.35 bits per heavy atom. The van der Waals surface area contributed by atoms with Crippen LogP contribution in [0.25, 0.3) is 0 Å². The first-order chi connectivity index (χ1) is 18.7. The molecule has 3 aliphatic rings. The summed E-state index contributed by atoms with van der Waals surface area (Å²) in [4.78, 5) is 41.1. The minimum absolute atomic E-state index is 0.00294. The van der Waals surface area contributed by atoms with Crippen LogP contribution in [0, 0.1) is 11.3 Å². The standard InChI is InChI=1S/C33H43NO5Si/c1-30(2,3)38-29(37)34-22-32(23-34)20-24(21-32)27(35)19-28(36)33(17-18-33)39-40(31(4,5)6,25-13-9-7-10-14-25)26-15-11-8-12-16-26/h7-16,24H,17-23H2,1-6H3. The third-order valence-corrected chi connectivity index (χ3v) is 13.9. The van der Waals surface area contributed by atoms with E-state index in [4.69, 9.17) is 9.16 Å². The molecule has 3 fully saturated rings. The van der Waals surface area contributed by atoms with Crippen LogP contribution in [0.2, 0.25) is 5.04 Å². The molecule has 0 bridgehead atoms. The number of ketones is 2. The van der Waals surface area contributed by atoms with Gasteiger partial charge in [-0.3, -0.25) is 9.59 Å². The summed E-state index contributed by atoms with van der Waals surface area (Å²) in [6.45, 7) is 13.5. The van der Waals surface area contributed by atoms with Crippen LogP contribution in [-0.4, -0.2) is 55.2 Å². The number of rotatable bonds is 8. The van der Waals surface area contributed by atoms with Crippen LogP contribution in [0.1, 0.15) is 73.6 Å². The molecule has 40 heavy (non-hydrogen) atoms. The predicted octanol–water partition coefficient (Wildman–Crippen LogP) is 5.27. The van der Waals surface area contributed by atoms with E-state index in [1.807, 2.05) is 57.2 Å². The van der Waals surface area contributed by atoms with Gasteiger partial charge in [0.15, 0.2) is 5.78 Å². The summed E-state index contributed by atoms with van der Waals surface area (Å²) in [6, 6.07) is 20.7. The molecule has 2 aromatic carbocycles. The Kier molecular flexibility index (Phi) is 7.15. The number of carbonyl (C=O) groups excluding carboxylic acids is 3. The minimum Gasteiger partial charge on any atom is -0.444 e. The summed E-state index contributed by atoms with van der Waals surface area (Å²) >= 11 is 0. The lowest BCUT2D eigenvalue weighted by atomic mass is 9.56. The molecule has 1 spiro atoms. The maximum Gasteiger partial charge on any atom is 0.410 e. The summed E-state index contributed by atoms with van der Waals surface area (Å²) in [5.41, 5.74) is -1.41. The van der Waals surface area contributed by atoms with Crippen molar-refractivity contribution in [1.29, 1.82) is 0 Å². The fourth-order valence-corrected chi connectivity index (χ4v) is 11.5. The zero-order valence-corrected chi connectivity index (χ0v) is 25.8. The first kappa shape index (κ1) is 28.7. The van der Waals surface area contributed by atoms with Crippen molar-refractivity contribution in [3.8, 4) is 0 Å². The van der Waals surface area contributed by atoms with E-state index in [1.165, 1.54) is 0 Å². The Bertz CT molecular complexity index is 1220. The lowest BCUT2D eigenvalue weighted by Crippen LogP contribution is -2.68. The normalized spacial score (nSPS) is 19.9. The van der Waals surface area contributed by atoms with Crippen molar-refractivity contribution in [1.82, 2.24) is 4.90 Å². The first-order valence-corrected chi connectivity index (χ1v) is 16.4. The number of carbonyl (C=O) groups is 3. The van der Waals surface area contributed by atoms with Crippen LogP contribution in [0.5, 0.6) is 0 Å². The zero-order chi connectivity index (χ0) is 29.0. The highest BCUT2D eigenvalue weighted by Gasteiger charge is 2.62. The van der Waals surface area contributed by atoms with Gasteiger partial charge >= 0.3 is 6.09 Å². The van der Waals surface area contributed by atoms with Crippen LogP contribution >= 0.6 is 0 Å². The number of ether oxygens (including phenoxy) is 1. The van der Waals surface area contributed by atoms with E-state index < -0.39 is 19.5 Å². The maximum atomic E-state index is 13.8. The zero-order valence-electron chi connectivity index (χ0n) is 24.8. The van der Waals surface area contributed by atoms with Crippen molar-refractivity contribution in [3.63, 3.8) is 0 Å². The monoisotopic (exact) mass is 561 g/mol. The van der Waals surface area contributed by atoms with Gasteiger partial charge in [-0.05, 0) is 61.9 Å². The molecule has 1 saturated heterocycles. The van der Waals surface area contributed by atoms with Crippen molar-refractivity contribution < 1.29 is 23.5 Å². The summed E-state index contributed by atoms with van der Waals surface area (Å²) in [7, 11) is -2.89. The average molecular weight is 562 g/mol. The molecule has 2 aliphatic carbocycles. The topological polar surface area (TPSA) is 72.9 Å². The number of hydrogen-bond donors (Lipinski definition) is 0. The molecule has 2 aromatic rings. The van der Waals surface area contributed by atoms with Crippen LogP contribution in [0.3, 0.4) is 0 Å². The van der Waals surface area contributed by atoms with Gasteiger partial charge in [0, 0.05) is 24.4 Å². The molecule has 0 atom stereocenters. The highest BCUT2D eigenvalue weighted by molar-refractivity contribution is 6.99. The Morgan fingerprint density at radius 3 is 1.77 bits per heavy atom. The van der Waals surface area contributed by atoms with E-state index in [0.717, 1.165) is 23.2 Å². The molecule has 1 aliphatic heterocycles. The largest absolute Gasteiger partial charge is 0.444 e. The second-order valence-electron chi connectivity index (χ2n) is 14.3. The van der Waals surface area contributed by atoms with Gasteiger partial charge in [-0.2, -0.15) is 0 Å². The number of Topliss-reactive ketones (excluding diaryl/α,β-unsaturated/α-hetero) is 2. The predicted molar refractivity (Wildman–Crippen MR) is 158 cm³/mol. The van der Waals surface area contributed by atoms with Crippen molar-refractivity contribution in [3.05, 3.63) is 60.7 Å². The van der Waals surface area contributed by atoms with Crippen molar-refractivity contribution >= 4 is 36.4 Å². The van der Waals surface area contributed by atoms with Crippen molar-refractivity contribution in [2.24, 2.45) is 11.3 Å². The summed E-state index contributed by atoms with van der Waals surface area (Å²) in [6.07, 6.45) is 2.42. The average Bonchev–Trinajstić information content (AvgIpc) is 3.61. The number of amides is 1. The smallest absolute Gasteiger partial charge is 0.410 e. The Labute approximate surface area is 239 Å². The van der Waals surface area contributed by atoms with E-state index in [0.29, 0.717) is 25.9 Å². The number of likely N-dealkylation sites (tertiary alicyclic amines) is 1. The molecule has 5 rings (SSSR count). The summed E-state index contributed by atoms with van der Waals surface area (Å²) < 4.78 is 12.7. The van der Waals surface area contributed by atoms with E-state index in [2.05, 4.69) is 45.0 Å². The molecule has 214 valence electrons. The lowest BCUT2D eigenvalue weighted by Gasteiger charge is -2.58. The van der Waals surface area contributed by atoms with Crippen LogP contribution in [-0.2, 0) is 18.8 Å². The third kappa shape index (κ3) is 5.30. The van der Waals surface area contributed by atoms with Gasteiger partial charge in [0.2, 0.25) is 0 Å². The first-order valence-electron chi connectivity index (χ1n) is 14.5. The highest BCUT2D eigenvalue weighted by atomic mass is 28.4. The molecule has 0 aromatic heterocycles. The molecule has 1 heterocycles. The fraction of sp³-hybridized carbons (Fsp3) is 0.545. The summed E-state index contributed by atoms with van der Waals surface area (Å²) in [5.74, 6) is -0.174. The number of hydrogen-bond acceptors (Lipinski definition) is 5. The van der Waals surface area contributed by atoms with Crippen LogP contribution < -0.4 is 10.4 Å². The molecule has 2 saturated carbocycles. The van der Waals surface area contributed by atoms with E-state index in [-0.39, 0.29) is 40.5 Å². The molecular formula is C33H43NO5Si. The van der Waals surface area contributed by atoms with Crippen molar-refractivity contribution in [2.45, 2.75) is 89.9 Å². The van der Waals surface area contributed by atoms with E-state index in [1.54, 1.807) is 4.90 Å². The van der Waals surface area contributed by atoms with Crippen molar-refractivity contribution in [2.75, 3.05) is 13.1 Å².